The zero-order chi connectivity index (χ0) is 18.6. The average Bonchev–Trinajstić information content (AvgIpc) is 2.35. The molecule has 0 aromatic carbocycles. The van der Waals surface area contributed by atoms with E-state index in [1.165, 1.54) is 5.32 Å². The molecule has 0 aliphatic carbocycles. The lowest BCUT2D eigenvalue weighted by Gasteiger charge is -2.40. The summed E-state index contributed by atoms with van der Waals surface area (Å²) in [5.74, 6) is -4.28. The molecule has 23 heavy (non-hydrogen) atoms. The lowest BCUT2D eigenvalue weighted by Crippen LogP contribution is -2.72. The molecule has 0 rings (SSSR count). The van der Waals surface area contributed by atoms with Crippen LogP contribution in [0.25, 0.3) is 0 Å². The highest BCUT2D eigenvalue weighted by atomic mass is 32.2. The monoisotopic (exact) mass is 350 g/mol. The SMILES string of the molecule is C=CC(=O)NC(C)(C)C(C(O)(NC(=O)C=C)C(=O)O)S(=O)(=O)O. The largest absolute Gasteiger partial charge is 0.478 e. The van der Waals surface area contributed by atoms with Gasteiger partial charge in [0, 0.05) is 0 Å². The van der Waals surface area contributed by atoms with E-state index in [-0.39, 0.29) is 0 Å². The number of carboxylic acid groups (broad SMARTS) is 1. The highest BCUT2D eigenvalue weighted by Crippen LogP contribution is 2.27. The van der Waals surface area contributed by atoms with E-state index in [1.807, 2.05) is 0 Å². The van der Waals surface area contributed by atoms with Gasteiger partial charge in [0.15, 0.2) is 5.25 Å². The van der Waals surface area contributed by atoms with E-state index >= 15 is 0 Å². The molecule has 0 saturated heterocycles. The molecular weight excluding hydrogens is 332 g/mol. The van der Waals surface area contributed by atoms with Crippen LogP contribution >= 0.6 is 0 Å². The fourth-order valence-corrected chi connectivity index (χ4v) is 3.41. The lowest BCUT2D eigenvalue weighted by atomic mass is 9.91. The Balaban J connectivity index is 6.28. The van der Waals surface area contributed by atoms with Gasteiger partial charge in [-0.05, 0) is 26.0 Å². The summed E-state index contributed by atoms with van der Waals surface area (Å²) in [7, 11) is -5.26. The quantitative estimate of drug-likeness (QED) is 0.198. The molecular formula is C12H18N2O8S. The molecule has 0 bridgehead atoms. The zero-order valence-electron chi connectivity index (χ0n) is 12.4. The number of hydrogen-bond acceptors (Lipinski definition) is 6. The van der Waals surface area contributed by atoms with E-state index in [2.05, 4.69) is 18.5 Å². The second kappa shape index (κ2) is 6.89. The third-order valence-corrected chi connectivity index (χ3v) is 4.31. The Morgan fingerprint density at radius 3 is 1.78 bits per heavy atom. The van der Waals surface area contributed by atoms with Gasteiger partial charge in [0.1, 0.15) is 0 Å². The number of rotatable bonds is 8. The van der Waals surface area contributed by atoms with Crippen molar-refractivity contribution in [3.8, 4) is 0 Å². The zero-order valence-corrected chi connectivity index (χ0v) is 13.3. The Hall–Kier alpha value is -2.24. The standard InChI is InChI=1S/C12H18N2O8S/c1-5-7(15)13-11(3,4)9(23(20,21)22)12(19,10(17)18)14-8(16)6-2/h5-6,9,19H,1-2H2,3-4H3,(H,13,15)(H,14,16)(H,17,18)(H,20,21,22). The highest BCUT2D eigenvalue weighted by molar-refractivity contribution is 7.86. The van der Waals surface area contributed by atoms with E-state index < -0.39 is 44.4 Å². The Morgan fingerprint density at radius 1 is 1.09 bits per heavy atom. The summed E-state index contributed by atoms with van der Waals surface area (Å²) in [6.07, 6.45) is 1.36. The first-order valence-electron chi connectivity index (χ1n) is 6.03. The molecule has 0 aromatic heterocycles. The smallest absolute Gasteiger partial charge is 0.358 e. The van der Waals surface area contributed by atoms with E-state index in [0.29, 0.717) is 6.08 Å². The fourth-order valence-electron chi connectivity index (χ4n) is 2.01. The maximum atomic E-state index is 11.6. The lowest BCUT2D eigenvalue weighted by molar-refractivity contribution is -0.167. The number of carbonyl (C=O) groups excluding carboxylic acids is 2. The Labute approximate surface area is 132 Å². The van der Waals surface area contributed by atoms with Crippen molar-refractivity contribution in [1.29, 1.82) is 0 Å². The summed E-state index contributed by atoms with van der Waals surface area (Å²) in [4.78, 5) is 34.1. The summed E-state index contributed by atoms with van der Waals surface area (Å²) in [5.41, 5.74) is -5.46. The topological polar surface area (TPSA) is 170 Å². The van der Waals surface area contributed by atoms with Crippen molar-refractivity contribution in [2.24, 2.45) is 0 Å². The van der Waals surface area contributed by atoms with Crippen molar-refractivity contribution in [2.45, 2.75) is 30.4 Å². The third-order valence-electron chi connectivity index (χ3n) is 2.79. The number of hydrogen-bond donors (Lipinski definition) is 5. The van der Waals surface area contributed by atoms with Crippen LogP contribution in [0, 0.1) is 0 Å². The molecule has 2 atom stereocenters. The van der Waals surface area contributed by atoms with Crippen LogP contribution in [0.5, 0.6) is 0 Å². The van der Waals surface area contributed by atoms with Gasteiger partial charge < -0.3 is 20.8 Å². The highest BCUT2D eigenvalue weighted by Gasteiger charge is 2.59. The number of carbonyl (C=O) groups is 3. The summed E-state index contributed by atoms with van der Waals surface area (Å²) in [6, 6.07) is 0. The summed E-state index contributed by atoms with van der Waals surface area (Å²) in [6.45, 7) is 8.24. The van der Waals surface area contributed by atoms with Crippen LogP contribution in [0.3, 0.4) is 0 Å². The first-order chi connectivity index (χ1) is 10.2. The maximum Gasteiger partial charge on any atom is 0.358 e. The van der Waals surface area contributed by atoms with Gasteiger partial charge in [-0.2, -0.15) is 8.42 Å². The molecule has 2 unspecified atom stereocenters. The summed E-state index contributed by atoms with van der Waals surface area (Å²) >= 11 is 0. The van der Waals surface area contributed by atoms with Gasteiger partial charge in [0.2, 0.25) is 11.8 Å². The maximum absolute atomic E-state index is 11.6. The van der Waals surface area contributed by atoms with Crippen LogP contribution in [0.1, 0.15) is 13.8 Å². The number of nitrogens with one attached hydrogen (secondary N) is 2. The molecule has 0 radical (unpaired) electrons. The average molecular weight is 350 g/mol. The summed E-state index contributed by atoms with van der Waals surface area (Å²) < 4.78 is 32.7. The minimum Gasteiger partial charge on any atom is -0.478 e. The molecule has 0 aliphatic heterocycles. The van der Waals surface area contributed by atoms with Crippen LogP contribution in [0.4, 0.5) is 0 Å². The van der Waals surface area contributed by atoms with Crippen LogP contribution in [0.2, 0.25) is 0 Å². The predicted octanol–water partition coefficient (Wildman–Crippen LogP) is -1.60. The molecule has 0 saturated carbocycles. The molecule has 11 heteroatoms. The minimum atomic E-state index is -5.26. The molecule has 130 valence electrons. The molecule has 2 amide bonds. The van der Waals surface area contributed by atoms with Gasteiger partial charge in [-0.3, -0.25) is 14.1 Å². The normalized spacial score (nSPS) is 15.7. The Kier molecular flexibility index (Phi) is 6.22. The second-order valence-corrected chi connectivity index (χ2v) is 6.58. The molecule has 0 heterocycles. The second-order valence-electron chi connectivity index (χ2n) is 5.07. The van der Waals surface area contributed by atoms with Gasteiger partial charge in [0.05, 0.1) is 5.54 Å². The number of amides is 2. The fraction of sp³-hybridized carbons (Fsp3) is 0.417. The van der Waals surface area contributed by atoms with Crippen molar-refractivity contribution in [2.75, 3.05) is 0 Å². The number of carboxylic acids is 1. The molecule has 0 aliphatic rings. The predicted molar refractivity (Wildman–Crippen MR) is 78.7 cm³/mol. The van der Waals surface area contributed by atoms with Crippen molar-refractivity contribution in [3.63, 3.8) is 0 Å². The van der Waals surface area contributed by atoms with Crippen LogP contribution in [0.15, 0.2) is 25.3 Å². The van der Waals surface area contributed by atoms with Crippen LogP contribution in [-0.2, 0) is 24.5 Å². The van der Waals surface area contributed by atoms with Gasteiger partial charge in [-0.1, -0.05) is 13.2 Å². The minimum absolute atomic E-state index is 0.588. The first-order valence-corrected chi connectivity index (χ1v) is 7.54. The molecule has 5 N–H and O–H groups in total. The first kappa shape index (κ1) is 20.8. The Morgan fingerprint density at radius 2 is 1.48 bits per heavy atom. The molecule has 10 nitrogen and oxygen atoms in total. The van der Waals surface area contributed by atoms with Crippen molar-refractivity contribution < 1.29 is 37.6 Å². The number of aliphatic carboxylic acids is 1. The third kappa shape index (κ3) is 4.87. The molecule has 0 aromatic rings. The van der Waals surface area contributed by atoms with Crippen molar-refractivity contribution in [1.82, 2.24) is 10.6 Å². The van der Waals surface area contributed by atoms with Gasteiger partial charge in [0.25, 0.3) is 15.8 Å². The van der Waals surface area contributed by atoms with Crippen LogP contribution < -0.4 is 10.6 Å². The van der Waals surface area contributed by atoms with Crippen LogP contribution in [-0.4, -0.2) is 57.5 Å². The van der Waals surface area contributed by atoms with E-state index in [1.54, 1.807) is 0 Å². The Bertz CT molecular complexity index is 639. The van der Waals surface area contributed by atoms with E-state index in [0.717, 1.165) is 19.9 Å². The van der Waals surface area contributed by atoms with Crippen molar-refractivity contribution in [3.05, 3.63) is 25.3 Å². The molecule has 0 fully saturated rings. The van der Waals surface area contributed by atoms with Gasteiger partial charge >= 0.3 is 5.97 Å². The summed E-state index contributed by atoms with van der Waals surface area (Å²) in [5, 5.41) is 20.4. The van der Waals surface area contributed by atoms with Crippen molar-refractivity contribution >= 4 is 27.9 Å². The van der Waals surface area contributed by atoms with Gasteiger partial charge in [-0.15, -0.1) is 0 Å². The van der Waals surface area contributed by atoms with E-state index in [4.69, 9.17) is 5.11 Å². The van der Waals surface area contributed by atoms with Gasteiger partial charge in [-0.25, -0.2) is 4.79 Å². The van der Waals surface area contributed by atoms with E-state index in [9.17, 15) is 32.5 Å². The molecule has 0 spiro atoms. The number of aliphatic hydroxyl groups is 1.